The molecule has 0 spiro atoms. The van der Waals surface area contributed by atoms with Crippen molar-refractivity contribution in [1.29, 1.82) is 0 Å². The van der Waals surface area contributed by atoms with Gasteiger partial charge in [-0.2, -0.15) is 0 Å². The highest BCUT2D eigenvalue weighted by Gasteiger charge is 2.33. The molecular formula is C17H28ClN3O. The summed E-state index contributed by atoms with van der Waals surface area (Å²) >= 11 is 0. The molecule has 3 N–H and O–H groups in total. The average molecular weight is 326 g/mol. The van der Waals surface area contributed by atoms with Crippen molar-refractivity contribution in [2.45, 2.75) is 32.2 Å². The van der Waals surface area contributed by atoms with Crippen molar-refractivity contribution in [3.63, 3.8) is 0 Å². The molecule has 1 aliphatic rings. The number of rotatable bonds is 4. The molecule has 22 heavy (non-hydrogen) atoms. The van der Waals surface area contributed by atoms with Crippen LogP contribution in [0.3, 0.4) is 0 Å². The Morgan fingerprint density at radius 3 is 2.45 bits per heavy atom. The maximum absolute atomic E-state index is 12.1. The fourth-order valence-electron chi connectivity index (χ4n) is 3.07. The summed E-state index contributed by atoms with van der Waals surface area (Å²) in [5.41, 5.74) is 7.08. The average Bonchev–Trinajstić information content (AvgIpc) is 2.80. The molecule has 5 heteroatoms. The van der Waals surface area contributed by atoms with Crippen LogP contribution in [0, 0.1) is 5.92 Å². The van der Waals surface area contributed by atoms with Crippen LogP contribution in [-0.4, -0.2) is 42.5 Å². The Kier molecular flexibility index (Phi) is 6.85. The number of carbonyl (C=O) groups is 1. The van der Waals surface area contributed by atoms with Gasteiger partial charge in [-0.1, -0.05) is 30.3 Å². The lowest BCUT2D eigenvalue weighted by molar-refractivity contribution is -0.123. The van der Waals surface area contributed by atoms with Gasteiger partial charge in [0.1, 0.15) is 0 Å². The third-order valence-corrected chi connectivity index (χ3v) is 3.93. The molecule has 0 unspecified atom stereocenters. The van der Waals surface area contributed by atoms with E-state index in [0.717, 1.165) is 13.1 Å². The molecule has 1 heterocycles. The monoisotopic (exact) mass is 325 g/mol. The second kappa shape index (κ2) is 7.95. The van der Waals surface area contributed by atoms with Crippen LogP contribution in [0.25, 0.3) is 0 Å². The zero-order chi connectivity index (χ0) is 15.5. The molecule has 0 aromatic heterocycles. The molecule has 124 valence electrons. The summed E-state index contributed by atoms with van der Waals surface area (Å²) in [5, 5.41) is 3.02. The van der Waals surface area contributed by atoms with Crippen LogP contribution in [0.2, 0.25) is 0 Å². The van der Waals surface area contributed by atoms with Crippen molar-refractivity contribution < 1.29 is 4.79 Å². The Morgan fingerprint density at radius 1 is 1.27 bits per heavy atom. The molecule has 1 aromatic rings. The van der Waals surface area contributed by atoms with Crippen LogP contribution in [0.1, 0.15) is 32.3 Å². The number of nitrogens with one attached hydrogen (secondary N) is 1. The molecule has 0 saturated carbocycles. The maximum atomic E-state index is 12.1. The Morgan fingerprint density at radius 2 is 1.91 bits per heavy atom. The molecule has 1 amide bonds. The highest BCUT2D eigenvalue weighted by molar-refractivity contribution is 5.85. The molecule has 0 aliphatic carbocycles. The van der Waals surface area contributed by atoms with Crippen molar-refractivity contribution in [1.82, 2.24) is 10.2 Å². The summed E-state index contributed by atoms with van der Waals surface area (Å²) in [6, 6.07) is 10.5. The predicted molar refractivity (Wildman–Crippen MR) is 93.3 cm³/mol. The van der Waals surface area contributed by atoms with Gasteiger partial charge in [0.15, 0.2) is 0 Å². The van der Waals surface area contributed by atoms with Gasteiger partial charge in [-0.3, -0.25) is 9.69 Å². The number of nitrogens with two attached hydrogens (primary N) is 1. The second-order valence-electron chi connectivity index (χ2n) is 7.01. The molecule has 1 fully saturated rings. The summed E-state index contributed by atoms with van der Waals surface area (Å²) in [7, 11) is 0. The zero-order valence-corrected chi connectivity index (χ0v) is 14.5. The molecule has 2 atom stereocenters. The lowest BCUT2D eigenvalue weighted by Gasteiger charge is -2.23. The highest BCUT2D eigenvalue weighted by Crippen LogP contribution is 2.31. The predicted octanol–water partition coefficient (Wildman–Crippen LogP) is 2.00. The lowest BCUT2D eigenvalue weighted by atomic mass is 9.89. The van der Waals surface area contributed by atoms with E-state index in [-0.39, 0.29) is 23.9 Å². The fourth-order valence-corrected chi connectivity index (χ4v) is 3.07. The minimum atomic E-state index is -0.178. The van der Waals surface area contributed by atoms with E-state index in [1.54, 1.807) is 0 Å². The van der Waals surface area contributed by atoms with Gasteiger partial charge in [0.05, 0.1) is 6.54 Å². The molecule has 1 saturated heterocycles. The van der Waals surface area contributed by atoms with Crippen LogP contribution in [0.15, 0.2) is 30.3 Å². The smallest absolute Gasteiger partial charge is 0.234 e. The van der Waals surface area contributed by atoms with Crippen LogP contribution < -0.4 is 11.1 Å². The van der Waals surface area contributed by atoms with E-state index in [9.17, 15) is 4.79 Å². The van der Waals surface area contributed by atoms with Gasteiger partial charge < -0.3 is 11.1 Å². The Bertz CT molecular complexity index is 473. The molecule has 0 radical (unpaired) electrons. The van der Waals surface area contributed by atoms with E-state index in [4.69, 9.17) is 5.73 Å². The summed E-state index contributed by atoms with van der Waals surface area (Å²) in [6.07, 6.45) is 0. The second-order valence-corrected chi connectivity index (χ2v) is 7.01. The third-order valence-electron chi connectivity index (χ3n) is 3.93. The van der Waals surface area contributed by atoms with E-state index in [1.807, 2.05) is 26.8 Å². The van der Waals surface area contributed by atoms with Crippen LogP contribution in [0.4, 0.5) is 0 Å². The van der Waals surface area contributed by atoms with Crippen molar-refractivity contribution in [2.24, 2.45) is 11.7 Å². The van der Waals surface area contributed by atoms with Gasteiger partial charge in [0.2, 0.25) is 5.91 Å². The molecule has 4 nitrogen and oxygen atoms in total. The fraction of sp³-hybridized carbons (Fsp3) is 0.588. The topological polar surface area (TPSA) is 58.4 Å². The summed E-state index contributed by atoms with van der Waals surface area (Å²) < 4.78 is 0. The first kappa shape index (κ1) is 18.9. The molecule has 0 bridgehead atoms. The number of hydrogen-bond donors (Lipinski definition) is 2. The van der Waals surface area contributed by atoms with E-state index >= 15 is 0 Å². The number of likely N-dealkylation sites (tertiary alicyclic amines) is 1. The van der Waals surface area contributed by atoms with Gasteiger partial charge in [-0.05, 0) is 38.8 Å². The first-order valence-corrected chi connectivity index (χ1v) is 7.67. The summed E-state index contributed by atoms with van der Waals surface area (Å²) in [5.74, 6) is 0.945. The van der Waals surface area contributed by atoms with Gasteiger partial charge in [0, 0.05) is 24.5 Å². The van der Waals surface area contributed by atoms with Crippen molar-refractivity contribution in [2.75, 3.05) is 26.2 Å². The summed E-state index contributed by atoms with van der Waals surface area (Å²) in [4.78, 5) is 14.3. The molecule has 1 aromatic carbocycles. The first-order chi connectivity index (χ1) is 9.89. The van der Waals surface area contributed by atoms with Crippen molar-refractivity contribution in [3.05, 3.63) is 35.9 Å². The SMILES string of the molecule is CC(C)(C)NC(=O)CN1C[C@@H](CN)[C@H](c2ccccc2)C1.Cl. The van der Waals surface area contributed by atoms with E-state index in [1.165, 1.54) is 5.56 Å². The number of hydrogen-bond acceptors (Lipinski definition) is 3. The van der Waals surface area contributed by atoms with Crippen LogP contribution in [-0.2, 0) is 4.79 Å². The third kappa shape index (κ3) is 5.27. The van der Waals surface area contributed by atoms with Gasteiger partial charge in [-0.25, -0.2) is 0 Å². The van der Waals surface area contributed by atoms with Crippen LogP contribution in [0.5, 0.6) is 0 Å². The number of benzene rings is 1. The van der Waals surface area contributed by atoms with E-state index in [2.05, 4.69) is 34.5 Å². The maximum Gasteiger partial charge on any atom is 0.234 e. The number of carbonyl (C=O) groups excluding carboxylic acids is 1. The number of amides is 1. The van der Waals surface area contributed by atoms with E-state index in [0.29, 0.717) is 24.9 Å². The first-order valence-electron chi connectivity index (χ1n) is 7.67. The largest absolute Gasteiger partial charge is 0.350 e. The van der Waals surface area contributed by atoms with Gasteiger partial charge in [0.25, 0.3) is 0 Å². The van der Waals surface area contributed by atoms with Crippen LogP contribution >= 0.6 is 12.4 Å². The number of nitrogens with zero attached hydrogens (tertiary/aromatic N) is 1. The standard InChI is InChI=1S/C17H27N3O.ClH/c1-17(2,3)19-16(21)12-20-10-14(9-18)15(11-20)13-7-5-4-6-8-13;/h4-8,14-15H,9-12,18H2,1-3H3,(H,19,21);1H/t14-,15+;/m1./s1. The van der Waals surface area contributed by atoms with Crippen molar-refractivity contribution >= 4 is 18.3 Å². The zero-order valence-electron chi connectivity index (χ0n) is 13.7. The Balaban J connectivity index is 0.00000242. The lowest BCUT2D eigenvalue weighted by Crippen LogP contribution is -2.45. The summed E-state index contributed by atoms with van der Waals surface area (Å²) in [6.45, 7) is 8.93. The van der Waals surface area contributed by atoms with Gasteiger partial charge >= 0.3 is 0 Å². The van der Waals surface area contributed by atoms with Crippen molar-refractivity contribution in [3.8, 4) is 0 Å². The van der Waals surface area contributed by atoms with Gasteiger partial charge in [-0.15, -0.1) is 12.4 Å². The number of halogens is 1. The quantitative estimate of drug-likeness (QED) is 0.890. The molecule has 2 rings (SSSR count). The molecule has 1 aliphatic heterocycles. The Hall–Kier alpha value is -1.10. The minimum absolute atomic E-state index is 0. The van der Waals surface area contributed by atoms with E-state index < -0.39 is 0 Å². The Labute approximate surface area is 139 Å². The molecular weight excluding hydrogens is 298 g/mol. The highest BCUT2D eigenvalue weighted by atomic mass is 35.5. The minimum Gasteiger partial charge on any atom is -0.350 e. The normalized spacial score (nSPS) is 22.2.